The highest BCUT2D eigenvalue weighted by molar-refractivity contribution is 4.90. The van der Waals surface area contributed by atoms with Crippen LogP contribution in [0.1, 0.15) is 52.4 Å². The minimum atomic E-state index is 0.366. The van der Waals surface area contributed by atoms with Crippen LogP contribution in [-0.4, -0.2) is 50.3 Å². The fraction of sp³-hybridized carbons (Fsp3) is 1.00. The van der Waals surface area contributed by atoms with E-state index in [2.05, 4.69) is 24.1 Å². The van der Waals surface area contributed by atoms with Crippen LogP contribution >= 0.6 is 0 Å². The second-order valence-electron chi connectivity index (χ2n) is 6.51. The Hall–Kier alpha value is -0.120. The van der Waals surface area contributed by atoms with Crippen molar-refractivity contribution in [2.24, 2.45) is 5.41 Å². The van der Waals surface area contributed by atoms with Crippen molar-refractivity contribution >= 4 is 0 Å². The Morgan fingerprint density at radius 1 is 1.32 bits per heavy atom. The highest BCUT2D eigenvalue weighted by atomic mass is 16.5. The maximum absolute atomic E-state index is 5.83. The summed E-state index contributed by atoms with van der Waals surface area (Å²) in [5.74, 6) is 0. The van der Waals surface area contributed by atoms with Crippen LogP contribution in [0.3, 0.4) is 0 Å². The van der Waals surface area contributed by atoms with Crippen LogP contribution in [0.15, 0.2) is 0 Å². The van der Waals surface area contributed by atoms with Gasteiger partial charge in [-0.3, -0.25) is 4.90 Å². The number of rotatable bonds is 7. The van der Waals surface area contributed by atoms with Crippen molar-refractivity contribution in [1.82, 2.24) is 10.2 Å². The molecule has 0 radical (unpaired) electrons. The van der Waals surface area contributed by atoms with Gasteiger partial charge in [-0.25, -0.2) is 0 Å². The average Bonchev–Trinajstić information content (AvgIpc) is 2.87. The Morgan fingerprint density at radius 2 is 2.21 bits per heavy atom. The molecule has 2 fully saturated rings. The highest BCUT2D eigenvalue weighted by Crippen LogP contribution is 2.32. The van der Waals surface area contributed by atoms with Crippen LogP contribution in [0.4, 0.5) is 0 Å². The molecule has 2 saturated heterocycles. The third-order valence-corrected chi connectivity index (χ3v) is 4.84. The van der Waals surface area contributed by atoms with Crippen molar-refractivity contribution in [3.8, 4) is 0 Å². The van der Waals surface area contributed by atoms with Crippen LogP contribution in [0.5, 0.6) is 0 Å². The first-order valence-corrected chi connectivity index (χ1v) is 8.32. The zero-order valence-electron chi connectivity index (χ0n) is 12.9. The maximum atomic E-state index is 5.83. The predicted octanol–water partition coefficient (Wildman–Crippen LogP) is 2.66. The number of nitrogens with one attached hydrogen (secondary N) is 1. The quantitative estimate of drug-likeness (QED) is 0.718. The molecule has 0 aliphatic carbocycles. The van der Waals surface area contributed by atoms with Gasteiger partial charge in [-0.05, 0) is 51.6 Å². The molecular weight excluding hydrogens is 236 g/mol. The highest BCUT2D eigenvalue weighted by Gasteiger charge is 2.37. The van der Waals surface area contributed by atoms with Crippen LogP contribution in [0, 0.1) is 5.41 Å². The van der Waals surface area contributed by atoms with Crippen LogP contribution < -0.4 is 5.32 Å². The molecule has 2 aliphatic rings. The molecule has 2 unspecified atom stereocenters. The molecule has 3 nitrogen and oxygen atoms in total. The fourth-order valence-electron chi connectivity index (χ4n) is 3.76. The van der Waals surface area contributed by atoms with Crippen molar-refractivity contribution in [1.29, 1.82) is 0 Å². The number of likely N-dealkylation sites (tertiary alicyclic amines) is 1. The standard InChI is InChI=1S/C16H32N2O/c1-3-9-17-12-16(8-6-11-19-14-16)13-18-10-5-7-15(18)4-2/h15,17H,3-14H2,1-2H3. The molecule has 3 heteroatoms. The van der Waals surface area contributed by atoms with Crippen LogP contribution in [0.25, 0.3) is 0 Å². The van der Waals surface area contributed by atoms with E-state index in [4.69, 9.17) is 4.74 Å². The van der Waals surface area contributed by atoms with Gasteiger partial charge in [0.05, 0.1) is 6.61 Å². The van der Waals surface area contributed by atoms with E-state index >= 15 is 0 Å². The van der Waals surface area contributed by atoms with E-state index in [1.807, 2.05) is 0 Å². The van der Waals surface area contributed by atoms with Crippen molar-refractivity contribution in [2.45, 2.75) is 58.4 Å². The molecule has 0 amide bonds. The molecule has 0 spiro atoms. The lowest BCUT2D eigenvalue weighted by molar-refractivity contribution is -0.0282. The number of hydrogen-bond donors (Lipinski definition) is 1. The number of nitrogens with zero attached hydrogens (tertiary/aromatic N) is 1. The molecule has 2 rings (SSSR count). The first-order chi connectivity index (χ1) is 9.29. The van der Waals surface area contributed by atoms with Gasteiger partial charge < -0.3 is 10.1 Å². The van der Waals surface area contributed by atoms with Crippen molar-refractivity contribution in [3.63, 3.8) is 0 Å². The van der Waals surface area contributed by atoms with Gasteiger partial charge in [0.15, 0.2) is 0 Å². The third-order valence-electron chi connectivity index (χ3n) is 4.84. The predicted molar refractivity (Wildman–Crippen MR) is 80.5 cm³/mol. The van der Waals surface area contributed by atoms with E-state index < -0.39 is 0 Å². The molecule has 0 saturated carbocycles. The Kier molecular flexibility index (Phi) is 6.11. The van der Waals surface area contributed by atoms with Gasteiger partial charge in [0.1, 0.15) is 0 Å². The molecule has 2 atom stereocenters. The topological polar surface area (TPSA) is 24.5 Å². The lowest BCUT2D eigenvalue weighted by atomic mass is 9.81. The summed E-state index contributed by atoms with van der Waals surface area (Å²) >= 11 is 0. The van der Waals surface area contributed by atoms with Gasteiger partial charge in [-0.15, -0.1) is 0 Å². The van der Waals surface area contributed by atoms with E-state index in [-0.39, 0.29) is 0 Å². The lowest BCUT2D eigenvalue weighted by Crippen LogP contribution is -2.50. The minimum Gasteiger partial charge on any atom is -0.381 e. The van der Waals surface area contributed by atoms with Crippen molar-refractivity contribution < 1.29 is 4.74 Å². The van der Waals surface area contributed by atoms with Gasteiger partial charge in [-0.1, -0.05) is 13.8 Å². The molecule has 0 aromatic heterocycles. The minimum absolute atomic E-state index is 0.366. The largest absolute Gasteiger partial charge is 0.381 e. The molecule has 2 aliphatic heterocycles. The average molecular weight is 268 g/mol. The molecule has 112 valence electrons. The van der Waals surface area contributed by atoms with E-state index in [1.54, 1.807) is 0 Å². The van der Waals surface area contributed by atoms with E-state index in [0.29, 0.717) is 5.41 Å². The summed E-state index contributed by atoms with van der Waals surface area (Å²) in [7, 11) is 0. The lowest BCUT2D eigenvalue weighted by Gasteiger charge is -2.41. The van der Waals surface area contributed by atoms with Gasteiger partial charge >= 0.3 is 0 Å². The Bertz CT molecular complexity index is 251. The van der Waals surface area contributed by atoms with Gasteiger partial charge in [0.25, 0.3) is 0 Å². The Labute approximate surface area is 119 Å². The first kappa shape index (κ1) is 15.3. The summed E-state index contributed by atoms with van der Waals surface area (Å²) < 4.78 is 5.83. The summed E-state index contributed by atoms with van der Waals surface area (Å²) in [6.45, 7) is 11.3. The molecule has 19 heavy (non-hydrogen) atoms. The first-order valence-electron chi connectivity index (χ1n) is 8.32. The normalized spacial score (nSPS) is 32.8. The molecule has 0 aromatic carbocycles. The van der Waals surface area contributed by atoms with Gasteiger partial charge in [-0.2, -0.15) is 0 Å². The van der Waals surface area contributed by atoms with Crippen molar-refractivity contribution in [3.05, 3.63) is 0 Å². The SMILES string of the molecule is CCCNCC1(CN2CCCC2CC)CCCOC1. The Balaban J connectivity index is 1.92. The molecule has 0 aromatic rings. The summed E-state index contributed by atoms with van der Waals surface area (Å²) in [4.78, 5) is 2.74. The van der Waals surface area contributed by atoms with E-state index in [9.17, 15) is 0 Å². The number of hydrogen-bond acceptors (Lipinski definition) is 3. The molecule has 0 bridgehead atoms. The summed E-state index contributed by atoms with van der Waals surface area (Å²) in [6.07, 6.45) is 7.88. The van der Waals surface area contributed by atoms with Crippen LogP contribution in [0.2, 0.25) is 0 Å². The third kappa shape index (κ3) is 4.17. The zero-order valence-corrected chi connectivity index (χ0v) is 12.9. The summed E-state index contributed by atoms with van der Waals surface area (Å²) in [5, 5.41) is 3.65. The van der Waals surface area contributed by atoms with Crippen LogP contribution in [-0.2, 0) is 4.74 Å². The number of ether oxygens (including phenoxy) is 1. The van der Waals surface area contributed by atoms with E-state index in [0.717, 1.165) is 32.3 Å². The van der Waals surface area contributed by atoms with Gasteiger partial charge in [0.2, 0.25) is 0 Å². The van der Waals surface area contributed by atoms with Gasteiger partial charge in [0, 0.05) is 31.2 Å². The Morgan fingerprint density at radius 3 is 2.89 bits per heavy atom. The fourth-order valence-corrected chi connectivity index (χ4v) is 3.76. The second-order valence-corrected chi connectivity index (χ2v) is 6.51. The molecular formula is C16H32N2O. The monoisotopic (exact) mass is 268 g/mol. The van der Waals surface area contributed by atoms with E-state index in [1.165, 1.54) is 51.6 Å². The van der Waals surface area contributed by atoms with Crippen molar-refractivity contribution in [2.75, 3.05) is 39.4 Å². The summed E-state index contributed by atoms with van der Waals surface area (Å²) in [5.41, 5.74) is 0.366. The molecule has 2 heterocycles. The molecule has 1 N–H and O–H groups in total. The summed E-state index contributed by atoms with van der Waals surface area (Å²) in [6, 6.07) is 0.824. The maximum Gasteiger partial charge on any atom is 0.0546 e. The second kappa shape index (κ2) is 7.61. The zero-order chi connectivity index (χ0) is 13.6. The smallest absolute Gasteiger partial charge is 0.0546 e.